The number of aliphatic hydroxyl groups is 1. The average Bonchev–Trinajstić information content (AvgIpc) is 3.16. The third-order valence-electron chi connectivity index (χ3n) is 11.6. The molecule has 2 saturated carbocycles. The van der Waals surface area contributed by atoms with Crippen molar-refractivity contribution in [1.29, 1.82) is 0 Å². The van der Waals surface area contributed by atoms with Gasteiger partial charge in [0.05, 0.1) is 5.60 Å². The highest BCUT2D eigenvalue weighted by molar-refractivity contribution is 5.41. The van der Waals surface area contributed by atoms with Gasteiger partial charge in [-0.2, -0.15) is 30.7 Å². The lowest BCUT2D eigenvalue weighted by Crippen LogP contribution is -2.54. The van der Waals surface area contributed by atoms with Crippen LogP contribution in [0.1, 0.15) is 108 Å². The zero-order valence-corrected chi connectivity index (χ0v) is 26.6. The first-order valence-corrected chi connectivity index (χ1v) is 16.5. The minimum atomic E-state index is -6.28. The van der Waals surface area contributed by atoms with Crippen LogP contribution in [0.15, 0.2) is 18.2 Å². The largest absolute Gasteiger partial charge is 0.508 e. The van der Waals surface area contributed by atoms with E-state index in [-0.39, 0.29) is 35.8 Å². The molecule has 3 aliphatic carbocycles. The van der Waals surface area contributed by atoms with Crippen molar-refractivity contribution in [2.24, 2.45) is 23.2 Å². The zero-order chi connectivity index (χ0) is 33.4. The van der Waals surface area contributed by atoms with Crippen LogP contribution in [0.3, 0.4) is 0 Å². The van der Waals surface area contributed by atoms with Crippen LogP contribution in [0.2, 0.25) is 0 Å². The van der Waals surface area contributed by atoms with Crippen molar-refractivity contribution in [1.82, 2.24) is 4.90 Å². The number of rotatable bonds is 14. The molecule has 0 amide bonds. The number of halogens is 8. The molecule has 2 fully saturated rings. The molecule has 11 heteroatoms. The summed E-state index contributed by atoms with van der Waals surface area (Å²) >= 11 is 0. The fraction of sp³-hybridized carbons (Fsp3) is 0.824. The number of fused-ring (bicyclic) bond motifs is 5. The van der Waals surface area contributed by atoms with Crippen LogP contribution >= 0.6 is 0 Å². The van der Waals surface area contributed by atoms with Crippen LogP contribution < -0.4 is 0 Å². The zero-order valence-electron chi connectivity index (χ0n) is 26.6. The number of hydrogen-bond donors (Lipinski definition) is 2. The molecule has 258 valence electrons. The van der Waals surface area contributed by atoms with Crippen molar-refractivity contribution < 1.29 is 45.3 Å². The number of nitrogens with zero attached hydrogens (tertiary/aromatic N) is 1. The summed E-state index contributed by atoms with van der Waals surface area (Å²) < 4.78 is 106. The maximum atomic E-state index is 16.1. The first-order chi connectivity index (χ1) is 20.8. The van der Waals surface area contributed by atoms with Crippen molar-refractivity contribution in [3.05, 3.63) is 29.3 Å². The van der Waals surface area contributed by atoms with Crippen molar-refractivity contribution in [2.45, 2.75) is 133 Å². The molecule has 3 nitrogen and oxygen atoms in total. The Hall–Kier alpha value is -1.62. The molecule has 45 heavy (non-hydrogen) atoms. The second-order valence-electron chi connectivity index (χ2n) is 14.6. The summed E-state index contributed by atoms with van der Waals surface area (Å²) in [6, 6.07) is 5.32. The van der Waals surface area contributed by atoms with Crippen LogP contribution in [-0.2, 0) is 6.42 Å². The Balaban J connectivity index is 1.22. The van der Waals surface area contributed by atoms with Gasteiger partial charge in [0.1, 0.15) is 11.9 Å². The smallest absolute Gasteiger partial charge is 0.459 e. The van der Waals surface area contributed by atoms with Crippen LogP contribution in [0.4, 0.5) is 35.1 Å². The molecular weight excluding hydrogens is 606 g/mol. The van der Waals surface area contributed by atoms with Crippen molar-refractivity contribution >= 4 is 0 Å². The Bertz CT molecular complexity index is 1140. The number of phenols is 1. The molecule has 0 heterocycles. The topological polar surface area (TPSA) is 43.7 Å². The fourth-order valence-corrected chi connectivity index (χ4v) is 8.81. The molecule has 0 radical (unpaired) electrons. The molecule has 1 aromatic carbocycles. The number of unbranched alkanes of at least 4 members (excludes halogenated alkanes) is 5. The van der Waals surface area contributed by atoms with Gasteiger partial charge in [-0.05, 0) is 119 Å². The lowest BCUT2D eigenvalue weighted by molar-refractivity contribution is -0.355. The minimum absolute atomic E-state index is 0.132. The summed E-state index contributed by atoms with van der Waals surface area (Å²) in [6.07, 6.45) is -1.55. The predicted molar refractivity (Wildman–Crippen MR) is 157 cm³/mol. The van der Waals surface area contributed by atoms with E-state index in [1.807, 2.05) is 20.0 Å². The first-order valence-electron chi connectivity index (χ1n) is 16.5. The normalized spacial score (nSPS) is 32.0. The lowest BCUT2D eigenvalue weighted by atomic mass is 9.50. The monoisotopic (exact) mass is 655 g/mol. The fourth-order valence-electron chi connectivity index (χ4n) is 8.81. The molecule has 0 spiro atoms. The highest BCUT2D eigenvalue weighted by atomic mass is 19.4. The molecule has 4 rings (SSSR count). The van der Waals surface area contributed by atoms with Gasteiger partial charge < -0.3 is 15.1 Å². The summed E-state index contributed by atoms with van der Waals surface area (Å²) in [6.45, 7) is 5.40. The van der Waals surface area contributed by atoms with E-state index in [1.165, 1.54) is 0 Å². The van der Waals surface area contributed by atoms with E-state index < -0.39 is 48.1 Å². The summed E-state index contributed by atoms with van der Waals surface area (Å²) in [5.74, 6) is -10.6. The van der Waals surface area contributed by atoms with Crippen LogP contribution in [-0.4, -0.2) is 65.0 Å². The maximum absolute atomic E-state index is 16.1. The number of hydrogen-bond acceptors (Lipinski definition) is 3. The SMILES string of the molecule is CN(CCCCCCC(F)(F)C(F)(F)C(F)(F)F)CCCCC[C@@H]1Cc2cc(O)ccc2[C@H]2C(F)C[C@@]3(C)[C@@H](CC[C@]3(C)O)[C@H]12. The molecule has 3 aliphatic rings. The number of benzene rings is 1. The van der Waals surface area contributed by atoms with Crippen LogP contribution in [0.5, 0.6) is 5.75 Å². The average molecular weight is 656 g/mol. The molecule has 0 aliphatic heterocycles. The summed E-state index contributed by atoms with van der Waals surface area (Å²) in [5.41, 5.74) is 0.655. The molecule has 1 unspecified atom stereocenters. The highest BCUT2D eigenvalue weighted by Crippen LogP contribution is 2.66. The minimum Gasteiger partial charge on any atom is -0.508 e. The van der Waals surface area contributed by atoms with Gasteiger partial charge in [-0.15, -0.1) is 0 Å². The number of alkyl halides is 8. The van der Waals surface area contributed by atoms with Crippen LogP contribution in [0, 0.1) is 23.2 Å². The van der Waals surface area contributed by atoms with Gasteiger partial charge >= 0.3 is 18.0 Å². The van der Waals surface area contributed by atoms with Gasteiger partial charge in [-0.3, -0.25) is 0 Å². The Morgan fingerprint density at radius 2 is 1.53 bits per heavy atom. The first kappa shape index (κ1) is 36.2. The quantitative estimate of drug-likeness (QED) is 0.155. The molecule has 2 N–H and O–H groups in total. The molecule has 7 atom stereocenters. The van der Waals surface area contributed by atoms with E-state index in [0.29, 0.717) is 32.2 Å². The van der Waals surface area contributed by atoms with E-state index in [4.69, 9.17) is 0 Å². The Labute approximate surface area is 261 Å². The second kappa shape index (κ2) is 13.5. The third kappa shape index (κ3) is 7.29. The second-order valence-corrected chi connectivity index (χ2v) is 14.6. The van der Waals surface area contributed by atoms with E-state index in [2.05, 4.69) is 11.8 Å². The van der Waals surface area contributed by atoms with Gasteiger partial charge in [-0.25, -0.2) is 4.39 Å². The van der Waals surface area contributed by atoms with E-state index >= 15 is 4.39 Å². The third-order valence-corrected chi connectivity index (χ3v) is 11.6. The molecular formula is C34H49F8NO2. The molecule has 0 aromatic heterocycles. The van der Waals surface area contributed by atoms with E-state index in [0.717, 1.165) is 56.2 Å². The van der Waals surface area contributed by atoms with Gasteiger partial charge in [0.2, 0.25) is 0 Å². The van der Waals surface area contributed by atoms with Gasteiger partial charge in [0.25, 0.3) is 0 Å². The van der Waals surface area contributed by atoms with Crippen molar-refractivity contribution in [3.63, 3.8) is 0 Å². The lowest BCUT2D eigenvalue weighted by Gasteiger charge is -2.56. The van der Waals surface area contributed by atoms with E-state index in [1.54, 1.807) is 12.1 Å². The Morgan fingerprint density at radius 1 is 0.911 bits per heavy atom. The van der Waals surface area contributed by atoms with Gasteiger partial charge in [0, 0.05) is 17.8 Å². The number of aromatic hydroxyl groups is 1. The summed E-state index contributed by atoms with van der Waals surface area (Å²) in [7, 11) is 1.93. The number of phenolic OH excluding ortho intramolecular Hbond substituents is 1. The Morgan fingerprint density at radius 3 is 2.18 bits per heavy atom. The molecule has 0 bridgehead atoms. The molecule has 0 saturated heterocycles. The summed E-state index contributed by atoms with van der Waals surface area (Å²) in [4.78, 5) is 2.10. The van der Waals surface area contributed by atoms with E-state index in [9.17, 15) is 40.9 Å². The van der Waals surface area contributed by atoms with Crippen molar-refractivity contribution in [3.8, 4) is 5.75 Å². The summed E-state index contributed by atoms with van der Waals surface area (Å²) in [5, 5.41) is 21.4. The predicted octanol–water partition coefficient (Wildman–Crippen LogP) is 9.45. The van der Waals surface area contributed by atoms with Crippen LogP contribution in [0.25, 0.3) is 0 Å². The maximum Gasteiger partial charge on any atom is 0.459 e. The van der Waals surface area contributed by atoms with Crippen molar-refractivity contribution in [2.75, 3.05) is 20.1 Å². The van der Waals surface area contributed by atoms with Gasteiger partial charge in [0.15, 0.2) is 0 Å². The Kier molecular flexibility index (Phi) is 10.8. The standard InChI is InChI=1S/C34H49F8NO2/c1-30-21-27(35)29-25-13-12-24(44)20-23(25)19-22(28(29)26(30)14-16-31(30,2)45)11-7-6-10-18-43(3)17-9-5-4-8-15-32(36,37)33(38,39)34(40,41)42/h12-13,20,22,26-29,44-45H,4-11,14-19,21H2,1-3H3/t22-,26+,27?,28+,29+,30+,31+/m1/s1. The highest BCUT2D eigenvalue weighted by Gasteiger charge is 2.72. The van der Waals surface area contributed by atoms with Gasteiger partial charge in [-0.1, -0.05) is 38.7 Å². The molecule has 1 aromatic rings.